The molecule has 0 aliphatic rings. The monoisotopic (exact) mass is 1870 g/mol. The van der Waals surface area contributed by atoms with Gasteiger partial charge in [0.15, 0.2) is 22.7 Å². The first kappa shape index (κ1) is 112. The van der Waals surface area contributed by atoms with Crippen LogP contribution in [-0.4, -0.2) is 366 Å². The van der Waals surface area contributed by atoms with Crippen LogP contribution in [0.25, 0.3) is 11.2 Å². The van der Waals surface area contributed by atoms with E-state index in [9.17, 15) is 174 Å². The van der Waals surface area contributed by atoms with Crippen molar-refractivity contribution in [1.82, 2.24) is 68.0 Å². The lowest BCUT2D eigenvalue weighted by Gasteiger charge is -2.26. The van der Waals surface area contributed by atoms with E-state index in [-0.39, 0.29) is 47.3 Å². The Morgan fingerprint density at radius 3 is 1.30 bits per heavy atom. The summed E-state index contributed by atoms with van der Waals surface area (Å²) in [5, 5.41) is 209. The molecule has 0 bridgehead atoms. The molecule has 3 rings (SSSR count). The number of benzene rings is 1. The highest BCUT2D eigenvalue weighted by Gasteiger charge is 2.39. The van der Waals surface area contributed by atoms with Gasteiger partial charge in [-0.25, -0.2) is 29.8 Å². The van der Waals surface area contributed by atoms with Crippen molar-refractivity contribution >= 4 is 133 Å². The van der Waals surface area contributed by atoms with E-state index in [1.54, 1.807) is 20.8 Å². The van der Waals surface area contributed by atoms with Gasteiger partial charge in [-0.1, -0.05) is 21.6 Å². The number of carboxylic acids is 4. The molecule has 128 heavy (non-hydrogen) atoms. The fourth-order valence-corrected chi connectivity index (χ4v) is 13.6. The van der Waals surface area contributed by atoms with E-state index >= 15 is 0 Å². The van der Waals surface area contributed by atoms with Gasteiger partial charge in [-0.3, -0.25) is 72.7 Å². The molecule has 0 spiro atoms. The number of carboxylic acid groups (broad SMARTS) is 4. The summed E-state index contributed by atoms with van der Waals surface area (Å²) in [5.74, 6) is -24.4. The first-order chi connectivity index (χ1) is 60.1. The summed E-state index contributed by atoms with van der Waals surface area (Å²) in [6, 6.07) is -2.32. The number of nitrogens with one attached hydrogen (secondary N) is 11. The molecule has 8 amide bonds. The molecule has 3 aromatic rings. The lowest BCUT2D eigenvalue weighted by molar-refractivity contribution is -0.142. The van der Waals surface area contributed by atoms with Gasteiger partial charge in [0.2, 0.25) is 41.4 Å². The summed E-state index contributed by atoms with van der Waals surface area (Å²) in [4.78, 5) is 230. The molecule has 0 radical (unpaired) electrons. The van der Waals surface area contributed by atoms with E-state index in [4.69, 9.17) is 10.5 Å². The Hall–Kier alpha value is -10.5. The van der Waals surface area contributed by atoms with Crippen LogP contribution >= 0.6 is 21.6 Å². The zero-order valence-corrected chi connectivity index (χ0v) is 71.3. The molecule has 32 N–H and O–H groups in total. The Kier molecular flexibility index (Phi) is 49.6. The number of aliphatic hydroxyl groups excluding tert-OH is 15. The highest BCUT2D eigenvalue weighted by Crippen LogP contribution is 2.26. The predicted molar refractivity (Wildman–Crippen MR) is 443 cm³/mol. The molecule has 0 saturated heterocycles. The molecular weight excluding hydrogens is 1750 g/mol. The number of nitrogen functional groups attached to an aromatic ring is 1. The molecule has 718 valence electrons. The number of nitrogens with two attached hydrogens (primary N) is 1. The number of ketones is 3. The zero-order valence-electron chi connectivity index (χ0n) is 69.7. The van der Waals surface area contributed by atoms with Crippen LogP contribution < -0.4 is 64.7 Å². The number of Topliss-reactive ketones (excluding diaryl/α,β-unsaturated/α-hetero) is 3. The lowest BCUT2D eigenvalue weighted by Crippen LogP contribution is -2.50. The molecular formula is C75H115N15O36S2. The molecule has 51 nitrogen and oxygen atoms in total. The number of anilines is 2. The van der Waals surface area contributed by atoms with Crippen molar-refractivity contribution in [2.24, 2.45) is 17.8 Å². The minimum atomic E-state index is -2.24. The molecule has 0 aliphatic carbocycles. The van der Waals surface area contributed by atoms with Gasteiger partial charge in [-0.2, -0.15) is 4.98 Å². The SMILES string of the molecule is CC(C)(C)NNC(=O)OCCSSC[C@@H](NC(=O)[C@H](CCC(=O)NC[C@H](O)[C@@H](O)[C@H](O)[C@H](O)CO)CC(=O)[C@@H](CCC(=O)O)NC(=O)[C@H](CCC(=O)NC[C@H](O)[C@@H](O)[C@H](O)[C@H](O)CO)CC(=O)[C@@H](CCC(=O)O)NC(=O)[C@H](CCC(=O)NC[C@H](O)[C@@H](O)[C@H](O)[C@H](O)CO)CC(=O)CC[C@H](NC(=O)c1ccc(NCc2cnc3nc(N)[nH]c(=O)c3n2)cc1)C(=O)O)C(=O)O. The number of fused-ring (bicyclic) bond motifs is 1. The normalized spacial score (nSPS) is 16.0. The van der Waals surface area contributed by atoms with Crippen molar-refractivity contribution < 1.29 is 174 Å². The van der Waals surface area contributed by atoms with Gasteiger partial charge in [-0.05, 0) is 83.6 Å². The Balaban J connectivity index is 2.09. The topological polar surface area (TPSA) is 868 Å². The van der Waals surface area contributed by atoms with E-state index in [1.165, 1.54) is 30.5 Å². The highest BCUT2D eigenvalue weighted by molar-refractivity contribution is 8.76. The summed E-state index contributed by atoms with van der Waals surface area (Å²) in [7, 11) is 1.85. The quantitative estimate of drug-likeness (QED) is 0.0142. The average molecular weight is 1870 g/mol. The second-order valence-corrected chi connectivity index (χ2v) is 33.2. The number of aromatic amines is 1. The van der Waals surface area contributed by atoms with Crippen molar-refractivity contribution in [2.45, 2.75) is 227 Å². The maximum atomic E-state index is 14.9. The van der Waals surface area contributed by atoms with Crippen LogP contribution in [0.3, 0.4) is 0 Å². The smallest absolute Gasteiger partial charge is 0.421 e. The van der Waals surface area contributed by atoms with Gasteiger partial charge in [0.25, 0.3) is 11.5 Å². The van der Waals surface area contributed by atoms with Crippen molar-refractivity contribution in [3.8, 4) is 0 Å². The standard InChI is InChI=1S/C75H115N15O36S2/c1-75(2,3)90-89-74(125)126-20-21-127-128-33-44(72(123)124)86-69(119)37(8-17-55(105)80-29-49(99)61(112)64(115)52(102)32-93)24-46(96)42(14-19-57(108)109)84-68(118)36(7-16-54(104)79-28-48(98)60(111)63(114)51(101)31-92)23-45(95)41(13-18-56(106)107)83-67(117)35(6-15-53(103)78-27-47(97)59(110)62(113)50(100)30-91)22-40(94)11-12-43(71(121)122)85-66(116)34-4-9-38(10-5-34)77-25-39-26-81-65-58(82-39)70(120)88-73(76)87-65/h4-5,9-10,26,35-37,41-44,47-52,59-64,77,90-93,97-102,110-115H,6-8,11-25,27-33H2,1-3H3,(H,78,103)(H,79,104)(H,80,105)(H,83,117)(H,84,118)(H,85,116)(H,86,119)(H,89,125)(H,106,107)(H,108,109)(H,121,122)(H,123,124)(H3,76,81,87,88,120)/t35-,36-,37-,41-,42-,43+,44-,47+,48+,49+,50-,51-,52-,59-,60-,61-,62-,63-,64-/m1/s1. The molecule has 2 heterocycles. The second kappa shape index (κ2) is 56.8. The fraction of sp³-hybridized carbons (Fsp3) is 0.640. The maximum Gasteiger partial charge on any atom is 0.421 e. The van der Waals surface area contributed by atoms with Crippen LogP contribution in [0, 0.1) is 17.8 Å². The molecule has 53 heteroatoms. The number of rotatable bonds is 64. The summed E-state index contributed by atoms with van der Waals surface area (Å²) in [5.41, 5.74) is 9.88. The number of hydrazine groups is 1. The number of aliphatic carboxylic acids is 4. The van der Waals surface area contributed by atoms with Gasteiger partial charge >= 0.3 is 30.0 Å². The molecule has 0 saturated carbocycles. The number of H-pyrrole nitrogens is 1. The third-order valence-electron chi connectivity index (χ3n) is 19.1. The van der Waals surface area contributed by atoms with Crippen LogP contribution in [0.5, 0.6) is 0 Å². The summed E-state index contributed by atoms with van der Waals surface area (Å²) in [6.45, 7) is -0.885. The summed E-state index contributed by atoms with van der Waals surface area (Å²) >= 11 is 0. The average Bonchev–Trinajstić information content (AvgIpc) is 0.809. The number of hydrogen-bond donors (Lipinski definition) is 31. The van der Waals surface area contributed by atoms with Crippen LogP contribution in [0.4, 0.5) is 16.4 Å². The van der Waals surface area contributed by atoms with Crippen molar-refractivity contribution in [3.05, 3.63) is 52.1 Å². The fourth-order valence-electron chi connectivity index (χ4n) is 11.6. The largest absolute Gasteiger partial charge is 0.481 e. The predicted octanol–water partition coefficient (Wildman–Crippen LogP) is -9.73. The number of carbonyl (C=O) groups is 15. The number of aliphatic hydroxyl groups is 15. The van der Waals surface area contributed by atoms with Crippen molar-refractivity contribution in [3.63, 3.8) is 0 Å². The van der Waals surface area contributed by atoms with E-state index in [2.05, 4.69) is 73.3 Å². The van der Waals surface area contributed by atoms with Crippen molar-refractivity contribution in [1.29, 1.82) is 0 Å². The Bertz CT molecular complexity index is 4230. The minimum Gasteiger partial charge on any atom is -0.481 e. The zero-order chi connectivity index (χ0) is 96.4. The molecule has 2 aromatic heterocycles. The van der Waals surface area contributed by atoms with Gasteiger partial charge in [0, 0.05) is 123 Å². The number of carbonyl (C=O) groups excluding carboxylic acids is 11. The van der Waals surface area contributed by atoms with Crippen molar-refractivity contribution in [2.75, 3.05) is 68.6 Å². The van der Waals surface area contributed by atoms with E-state index in [0.717, 1.165) is 21.6 Å². The van der Waals surface area contributed by atoms with E-state index < -0.39 is 356 Å². The van der Waals surface area contributed by atoms with E-state index in [1.807, 2.05) is 0 Å². The Morgan fingerprint density at radius 2 is 0.898 bits per heavy atom. The molecule has 0 aliphatic heterocycles. The number of aromatic nitrogens is 4. The van der Waals surface area contributed by atoms with Gasteiger partial charge < -0.3 is 150 Å². The highest BCUT2D eigenvalue weighted by atomic mass is 33.1. The molecule has 0 fully saturated rings. The number of ether oxygens (including phenoxy) is 1. The number of nitrogens with zero attached hydrogens (tertiary/aromatic N) is 3. The first-order valence-electron chi connectivity index (χ1n) is 39.9. The molecule has 1 aromatic carbocycles. The second-order valence-electron chi connectivity index (χ2n) is 30.5. The van der Waals surface area contributed by atoms with Gasteiger partial charge in [0.1, 0.15) is 79.4 Å². The third kappa shape index (κ3) is 41.3. The summed E-state index contributed by atoms with van der Waals surface area (Å²) < 4.78 is 5.06. The van der Waals surface area contributed by atoms with Gasteiger partial charge in [0.05, 0.1) is 68.7 Å². The Labute approximate surface area is 736 Å². The Morgan fingerprint density at radius 1 is 0.492 bits per heavy atom. The summed E-state index contributed by atoms with van der Waals surface area (Å²) in [6.07, 6.45) is -38.0. The van der Waals surface area contributed by atoms with Crippen LogP contribution in [0.2, 0.25) is 0 Å². The lowest BCUT2D eigenvalue weighted by atomic mass is 9.89. The van der Waals surface area contributed by atoms with Crippen LogP contribution in [-0.2, 0) is 73.6 Å². The molecule has 0 unspecified atom stereocenters. The molecule has 19 atom stereocenters. The third-order valence-corrected chi connectivity index (χ3v) is 21.5. The van der Waals surface area contributed by atoms with Crippen LogP contribution in [0.15, 0.2) is 35.3 Å². The van der Waals surface area contributed by atoms with E-state index in [0.29, 0.717) is 5.69 Å². The first-order valence-corrected chi connectivity index (χ1v) is 42.4. The van der Waals surface area contributed by atoms with Gasteiger partial charge in [-0.15, -0.1) is 0 Å². The number of amides is 8. The number of hydrogen-bond acceptors (Lipinski definition) is 40. The minimum absolute atomic E-state index is 0.00522. The maximum absolute atomic E-state index is 14.9. The van der Waals surface area contributed by atoms with Crippen LogP contribution in [0.1, 0.15) is 133 Å².